The molecule has 28 heavy (non-hydrogen) atoms. The van der Waals surface area contributed by atoms with Crippen LogP contribution >= 0.6 is 0 Å². The lowest BCUT2D eigenvalue weighted by Gasteiger charge is -2.34. The summed E-state index contributed by atoms with van der Waals surface area (Å²) in [7, 11) is 1.82. The van der Waals surface area contributed by atoms with E-state index >= 15 is 0 Å². The van der Waals surface area contributed by atoms with Gasteiger partial charge in [-0.25, -0.2) is 0 Å². The van der Waals surface area contributed by atoms with Crippen LogP contribution < -0.4 is 20.1 Å². The van der Waals surface area contributed by atoms with Gasteiger partial charge in [0, 0.05) is 46.3 Å². The number of hydrogen-bond acceptors (Lipinski definition) is 5. The molecule has 3 rings (SSSR count). The molecule has 1 aromatic carbocycles. The molecule has 2 aliphatic rings. The number of hydrogen-bond donors (Lipinski definition) is 2. The molecule has 1 fully saturated rings. The minimum atomic E-state index is 0.322. The molecule has 0 unspecified atom stereocenters. The largest absolute Gasteiger partial charge is 0.454 e. The van der Waals surface area contributed by atoms with Crippen LogP contribution in [0.25, 0.3) is 0 Å². The predicted octanol–water partition coefficient (Wildman–Crippen LogP) is 1.54. The van der Waals surface area contributed by atoms with Crippen LogP contribution in [-0.4, -0.2) is 82.0 Å². The normalized spacial score (nSPS) is 17.7. The van der Waals surface area contributed by atoms with E-state index in [0.717, 1.165) is 43.4 Å². The van der Waals surface area contributed by atoms with Crippen molar-refractivity contribution in [3.05, 3.63) is 23.8 Å². The van der Waals surface area contributed by atoms with Crippen molar-refractivity contribution in [2.75, 3.05) is 66.2 Å². The second kappa shape index (κ2) is 11.1. The van der Waals surface area contributed by atoms with Crippen molar-refractivity contribution < 1.29 is 9.47 Å². The first-order chi connectivity index (χ1) is 13.8. The average molecular weight is 390 g/mol. The van der Waals surface area contributed by atoms with Crippen molar-refractivity contribution in [3.8, 4) is 11.5 Å². The smallest absolute Gasteiger partial charge is 0.231 e. The summed E-state index contributed by atoms with van der Waals surface area (Å²) in [6.07, 6.45) is 3.31. The van der Waals surface area contributed by atoms with Crippen LogP contribution in [0.4, 0.5) is 0 Å². The zero-order chi connectivity index (χ0) is 19.6. The van der Waals surface area contributed by atoms with E-state index in [9.17, 15) is 0 Å². The van der Waals surface area contributed by atoms with Gasteiger partial charge in [0.25, 0.3) is 0 Å². The summed E-state index contributed by atoms with van der Waals surface area (Å²) in [5.41, 5.74) is 1.23. The Morgan fingerprint density at radius 2 is 1.75 bits per heavy atom. The molecule has 0 bridgehead atoms. The lowest BCUT2D eigenvalue weighted by atomic mass is 10.1. The highest BCUT2D eigenvalue weighted by Crippen LogP contribution is 2.32. The second-order valence-corrected chi connectivity index (χ2v) is 7.35. The summed E-state index contributed by atoms with van der Waals surface area (Å²) in [6, 6.07) is 6.12. The molecule has 0 spiro atoms. The highest BCUT2D eigenvalue weighted by atomic mass is 16.7. The number of unbranched alkanes of at least 4 members (excludes halogenated alkanes) is 1. The lowest BCUT2D eigenvalue weighted by Crippen LogP contribution is -2.46. The average Bonchev–Trinajstić information content (AvgIpc) is 3.20. The molecule has 1 aromatic rings. The topological polar surface area (TPSA) is 61.4 Å². The number of rotatable bonds is 9. The van der Waals surface area contributed by atoms with E-state index in [4.69, 9.17) is 9.47 Å². The monoisotopic (exact) mass is 389 g/mol. The van der Waals surface area contributed by atoms with Crippen LogP contribution in [0.1, 0.15) is 25.3 Å². The third-order valence-electron chi connectivity index (χ3n) is 5.47. The number of nitrogens with one attached hydrogen (secondary N) is 2. The maximum atomic E-state index is 5.43. The van der Waals surface area contributed by atoms with Crippen LogP contribution in [0.15, 0.2) is 23.2 Å². The third-order valence-corrected chi connectivity index (χ3v) is 5.47. The molecular weight excluding hydrogens is 354 g/mol. The standard InChI is InChI=1S/C21H35N5O2/c1-3-25-12-14-26(15-13-25)11-5-4-9-23-21(22-2)24-10-8-18-6-7-19-20(16-18)28-17-27-19/h6-7,16H,3-5,8-15,17H2,1-2H3,(H2,22,23,24). The van der Waals surface area contributed by atoms with Crippen molar-refractivity contribution in [2.24, 2.45) is 4.99 Å². The van der Waals surface area contributed by atoms with Gasteiger partial charge in [-0.2, -0.15) is 0 Å². The van der Waals surface area contributed by atoms with Gasteiger partial charge in [-0.1, -0.05) is 13.0 Å². The van der Waals surface area contributed by atoms with Gasteiger partial charge in [-0.3, -0.25) is 4.99 Å². The van der Waals surface area contributed by atoms with Gasteiger partial charge in [0.1, 0.15) is 0 Å². The Kier molecular flexibility index (Phi) is 8.23. The Labute approximate surface area is 169 Å². The number of piperazine rings is 1. The third kappa shape index (κ3) is 6.27. The number of nitrogens with zero attached hydrogens (tertiary/aromatic N) is 3. The molecule has 7 nitrogen and oxygen atoms in total. The second-order valence-electron chi connectivity index (χ2n) is 7.35. The van der Waals surface area contributed by atoms with Crippen LogP contribution in [0.2, 0.25) is 0 Å². The van der Waals surface area contributed by atoms with Gasteiger partial charge in [0.15, 0.2) is 17.5 Å². The van der Waals surface area contributed by atoms with Crippen molar-refractivity contribution in [1.29, 1.82) is 0 Å². The van der Waals surface area contributed by atoms with E-state index in [-0.39, 0.29) is 0 Å². The lowest BCUT2D eigenvalue weighted by molar-refractivity contribution is 0.136. The summed E-state index contributed by atoms with van der Waals surface area (Å²) in [6.45, 7) is 11.6. The van der Waals surface area contributed by atoms with Gasteiger partial charge in [0.05, 0.1) is 0 Å². The van der Waals surface area contributed by atoms with Crippen LogP contribution in [-0.2, 0) is 6.42 Å². The zero-order valence-electron chi connectivity index (χ0n) is 17.4. The maximum Gasteiger partial charge on any atom is 0.231 e. The minimum absolute atomic E-state index is 0.322. The molecule has 7 heteroatoms. The van der Waals surface area contributed by atoms with Gasteiger partial charge in [-0.15, -0.1) is 0 Å². The number of ether oxygens (including phenoxy) is 2. The minimum Gasteiger partial charge on any atom is -0.454 e. The van der Waals surface area contributed by atoms with Crippen LogP contribution in [0.3, 0.4) is 0 Å². The molecule has 2 heterocycles. The molecule has 2 aliphatic heterocycles. The molecule has 0 aliphatic carbocycles. The molecule has 0 saturated carbocycles. The molecule has 1 saturated heterocycles. The van der Waals surface area contributed by atoms with Crippen molar-refractivity contribution in [3.63, 3.8) is 0 Å². The number of guanidine groups is 1. The summed E-state index contributed by atoms with van der Waals surface area (Å²) >= 11 is 0. The van der Waals surface area contributed by atoms with E-state index in [1.165, 1.54) is 51.3 Å². The Hall–Kier alpha value is -1.99. The molecule has 0 radical (unpaired) electrons. The zero-order valence-corrected chi connectivity index (χ0v) is 17.4. The first-order valence-electron chi connectivity index (χ1n) is 10.6. The number of likely N-dealkylation sites (N-methyl/N-ethyl adjacent to an activating group) is 1. The first-order valence-corrected chi connectivity index (χ1v) is 10.6. The van der Waals surface area contributed by atoms with E-state index < -0.39 is 0 Å². The van der Waals surface area contributed by atoms with Crippen LogP contribution in [0, 0.1) is 0 Å². The number of fused-ring (bicyclic) bond motifs is 1. The van der Waals surface area contributed by atoms with E-state index in [0.29, 0.717) is 6.79 Å². The molecular formula is C21H35N5O2. The van der Waals surface area contributed by atoms with Crippen molar-refractivity contribution in [2.45, 2.75) is 26.2 Å². The Bertz CT molecular complexity index is 629. The van der Waals surface area contributed by atoms with Crippen molar-refractivity contribution in [1.82, 2.24) is 20.4 Å². The van der Waals surface area contributed by atoms with Gasteiger partial charge in [-0.05, 0) is 50.0 Å². The molecule has 2 N–H and O–H groups in total. The van der Waals surface area contributed by atoms with Crippen LogP contribution in [0.5, 0.6) is 11.5 Å². The molecule has 0 amide bonds. The summed E-state index contributed by atoms with van der Waals surface area (Å²) in [5.74, 6) is 2.55. The van der Waals surface area contributed by atoms with E-state index in [1.807, 2.05) is 13.1 Å². The fraction of sp³-hybridized carbons (Fsp3) is 0.667. The summed E-state index contributed by atoms with van der Waals surface area (Å²) in [5, 5.41) is 6.81. The quantitative estimate of drug-likeness (QED) is 0.380. The highest BCUT2D eigenvalue weighted by molar-refractivity contribution is 5.79. The molecule has 0 atom stereocenters. The summed E-state index contributed by atoms with van der Waals surface area (Å²) in [4.78, 5) is 9.43. The molecule has 156 valence electrons. The first kappa shape index (κ1) is 20.7. The fourth-order valence-electron chi connectivity index (χ4n) is 3.64. The number of benzene rings is 1. The predicted molar refractivity (Wildman–Crippen MR) is 113 cm³/mol. The Morgan fingerprint density at radius 1 is 1.00 bits per heavy atom. The van der Waals surface area contributed by atoms with Gasteiger partial charge >= 0.3 is 0 Å². The van der Waals surface area contributed by atoms with E-state index in [2.05, 4.69) is 44.5 Å². The maximum absolute atomic E-state index is 5.43. The van der Waals surface area contributed by atoms with E-state index in [1.54, 1.807) is 0 Å². The van der Waals surface area contributed by atoms with Gasteiger partial charge in [0.2, 0.25) is 6.79 Å². The van der Waals surface area contributed by atoms with Crippen molar-refractivity contribution >= 4 is 5.96 Å². The highest BCUT2D eigenvalue weighted by Gasteiger charge is 2.15. The Balaban J connectivity index is 1.25. The Morgan fingerprint density at radius 3 is 2.54 bits per heavy atom. The summed E-state index contributed by atoms with van der Waals surface area (Å²) < 4.78 is 10.8. The number of aliphatic imine (C=N–C) groups is 1. The SMILES string of the molecule is CCN1CCN(CCCCNC(=NC)NCCc2ccc3c(c2)OCO3)CC1. The molecule has 0 aromatic heterocycles. The van der Waals surface area contributed by atoms with Gasteiger partial charge < -0.3 is 29.9 Å². The fourth-order valence-corrected chi connectivity index (χ4v) is 3.64.